The molecule has 1 aromatic carbocycles. The molecule has 0 aromatic heterocycles. The summed E-state index contributed by atoms with van der Waals surface area (Å²) in [4.78, 5) is 18.0. The van der Waals surface area contributed by atoms with Crippen LogP contribution in [0.5, 0.6) is 0 Å². The van der Waals surface area contributed by atoms with Gasteiger partial charge in [-0.1, -0.05) is 13.0 Å². The Balaban J connectivity index is 1.39. The van der Waals surface area contributed by atoms with Gasteiger partial charge in [0, 0.05) is 44.0 Å². The SMILES string of the molecule is Cc1cc(CN2CCCC23CCN(C(=O)OC(C(F)(F)F)C(F)(F)F)CC3)cc(N2CCC(C)CC2)c1. The fourth-order valence-electron chi connectivity index (χ4n) is 6.01. The fourth-order valence-corrected chi connectivity index (χ4v) is 6.01. The lowest BCUT2D eigenvalue weighted by Gasteiger charge is -2.45. The molecule has 3 aliphatic heterocycles. The number of nitrogens with zero attached hydrogens (tertiary/aromatic N) is 3. The van der Waals surface area contributed by atoms with Gasteiger partial charge in [0.15, 0.2) is 0 Å². The second-order valence-electron chi connectivity index (χ2n) is 10.9. The van der Waals surface area contributed by atoms with Gasteiger partial charge in [-0.3, -0.25) is 4.90 Å². The van der Waals surface area contributed by atoms with E-state index in [4.69, 9.17) is 0 Å². The summed E-state index contributed by atoms with van der Waals surface area (Å²) >= 11 is 0. The van der Waals surface area contributed by atoms with Crippen molar-refractivity contribution in [3.05, 3.63) is 29.3 Å². The Morgan fingerprint density at radius 1 is 0.973 bits per heavy atom. The molecule has 37 heavy (non-hydrogen) atoms. The van der Waals surface area contributed by atoms with Crippen molar-refractivity contribution in [3.8, 4) is 0 Å². The van der Waals surface area contributed by atoms with E-state index in [0.29, 0.717) is 19.4 Å². The van der Waals surface area contributed by atoms with Crippen LogP contribution in [0.3, 0.4) is 0 Å². The maximum absolute atomic E-state index is 12.8. The molecule has 0 radical (unpaired) electrons. The molecule has 1 spiro atoms. The van der Waals surface area contributed by atoms with E-state index in [9.17, 15) is 31.1 Å². The summed E-state index contributed by atoms with van der Waals surface area (Å²) in [5, 5.41) is 0. The minimum absolute atomic E-state index is 0.0583. The van der Waals surface area contributed by atoms with Crippen molar-refractivity contribution in [2.75, 3.05) is 37.6 Å². The Labute approximate surface area is 213 Å². The molecule has 11 heteroatoms. The van der Waals surface area contributed by atoms with E-state index in [1.54, 1.807) is 0 Å². The van der Waals surface area contributed by atoms with E-state index < -0.39 is 24.5 Å². The number of anilines is 1. The van der Waals surface area contributed by atoms with Gasteiger partial charge in [0.25, 0.3) is 6.10 Å². The van der Waals surface area contributed by atoms with Crippen LogP contribution in [0.15, 0.2) is 18.2 Å². The standard InChI is InChI=1S/C26H35F6N3O2/c1-18-4-10-33(11-5-18)21-15-19(2)14-20(16-21)17-35-9-3-6-24(35)7-12-34(13-8-24)23(36)37-22(25(27,28)29)26(30,31)32/h14-16,18,22H,3-13,17H2,1-2H3. The molecule has 0 N–H and O–H groups in total. The van der Waals surface area contributed by atoms with Crippen LogP contribution in [-0.2, 0) is 11.3 Å². The van der Waals surface area contributed by atoms with Gasteiger partial charge in [-0.25, -0.2) is 4.79 Å². The third-order valence-electron chi connectivity index (χ3n) is 8.15. The van der Waals surface area contributed by atoms with Gasteiger partial charge in [0.2, 0.25) is 0 Å². The summed E-state index contributed by atoms with van der Waals surface area (Å²) in [6.45, 7) is 8.12. The maximum atomic E-state index is 12.8. The summed E-state index contributed by atoms with van der Waals surface area (Å²) in [7, 11) is 0. The second-order valence-corrected chi connectivity index (χ2v) is 10.9. The normalized spacial score (nSPS) is 21.8. The molecule has 0 aliphatic carbocycles. The first kappa shape index (κ1) is 27.9. The van der Waals surface area contributed by atoms with Crippen LogP contribution in [0.4, 0.5) is 36.8 Å². The lowest BCUT2D eigenvalue weighted by atomic mass is 9.84. The third-order valence-corrected chi connectivity index (χ3v) is 8.15. The molecule has 1 amide bonds. The number of amides is 1. The molecule has 3 aliphatic rings. The van der Waals surface area contributed by atoms with Crippen LogP contribution < -0.4 is 4.90 Å². The Morgan fingerprint density at radius 3 is 2.19 bits per heavy atom. The summed E-state index contributed by atoms with van der Waals surface area (Å²) in [6.07, 6.45) is -12.0. The third kappa shape index (κ3) is 6.46. The van der Waals surface area contributed by atoms with Crippen molar-refractivity contribution in [1.82, 2.24) is 9.80 Å². The quantitative estimate of drug-likeness (QED) is 0.425. The van der Waals surface area contributed by atoms with Crippen LogP contribution in [-0.4, -0.2) is 72.6 Å². The van der Waals surface area contributed by atoms with Crippen molar-refractivity contribution in [1.29, 1.82) is 0 Å². The fraction of sp³-hybridized carbons (Fsp3) is 0.731. The molecular formula is C26H35F6N3O2. The van der Waals surface area contributed by atoms with Crippen LogP contribution >= 0.6 is 0 Å². The van der Waals surface area contributed by atoms with E-state index in [1.165, 1.54) is 29.7 Å². The molecule has 208 valence electrons. The Bertz CT molecular complexity index is 937. The molecule has 0 bridgehead atoms. The zero-order valence-corrected chi connectivity index (χ0v) is 21.3. The Hall–Kier alpha value is -2.17. The van der Waals surface area contributed by atoms with Gasteiger partial charge in [-0.05, 0) is 81.2 Å². The molecule has 5 nitrogen and oxygen atoms in total. The highest BCUT2D eigenvalue weighted by Gasteiger charge is 2.60. The molecule has 0 saturated carbocycles. The first-order valence-corrected chi connectivity index (χ1v) is 13.0. The van der Waals surface area contributed by atoms with Crippen molar-refractivity contribution < 1.29 is 35.9 Å². The summed E-state index contributed by atoms with van der Waals surface area (Å²) in [5.41, 5.74) is 3.36. The van der Waals surface area contributed by atoms with E-state index in [2.05, 4.69) is 46.6 Å². The first-order valence-electron chi connectivity index (χ1n) is 13.0. The number of hydrogen-bond acceptors (Lipinski definition) is 4. The first-order chi connectivity index (χ1) is 17.3. The van der Waals surface area contributed by atoms with Crippen LogP contribution in [0.1, 0.15) is 56.6 Å². The number of carbonyl (C=O) groups is 1. The van der Waals surface area contributed by atoms with Crippen LogP contribution in [0.25, 0.3) is 0 Å². The topological polar surface area (TPSA) is 36.0 Å². The minimum Gasteiger partial charge on any atom is -0.426 e. The molecule has 0 unspecified atom stereocenters. The van der Waals surface area contributed by atoms with Crippen LogP contribution in [0, 0.1) is 12.8 Å². The second kappa shape index (κ2) is 10.5. The summed E-state index contributed by atoms with van der Waals surface area (Å²) in [5.74, 6) is 0.737. The largest absolute Gasteiger partial charge is 0.434 e. The highest BCUT2D eigenvalue weighted by molar-refractivity contribution is 5.68. The number of aryl methyl sites for hydroxylation is 1. The molecule has 1 aromatic rings. The van der Waals surface area contributed by atoms with Gasteiger partial charge in [-0.15, -0.1) is 0 Å². The minimum atomic E-state index is -5.72. The number of piperidine rings is 2. The molecule has 3 heterocycles. The Morgan fingerprint density at radius 2 is 1.59 bits per heavy atom. The van der Waals surface area contributed by atoms with Gasteiger partial charge in [0.05, 0.1) is 0 Å². The predicted octanol–water partition coefficient (Wildman–Crippen LogP) is 6.29. The van der Waals surface area contributed by atoms with E-state index in [0.717, 1.165) is 43.3 Å². The van der Waals surface area contributed by atoms with Crippen molar-refractivity contribution >= 4 is 11.8 Å². The average Bonchev–Trinajstić information content (AvgIpc) is 3.17. The van der Waals surface area contributed by atoms with Crippen LogP contribution in [0.2, 0.25) is 0 Å². The zero-order valence-electron chi connectivity index (χ0n) is 21.3. The molecule has 4 rings (SSSR count). The van der Waals surface area contributed by atoms with E-state index in [1.807, 2.05) is 0 Å². The number of hydrogen-bond donors (Lipinski definition) is 0. The van der Waals surface area contributed by atoms with Gasteiger partial charge >= 0.3 is 18.4 Å². The lowest BCUT2D eigenvalue weighted by Crippen LogP contribution is -2.54. The van der Waals surface area contributed by atoms with Crippen molar-refractivity contribution in [2.45, 2.75) is 82.9 Å². The molecule has 3 fully saturated rings. The number of ether oxygens (including phenoxy) is 1. The van der Waals surface area contributed by atoms with E-state index in [-0.39, 0.29) is 18.6 Å². The molecule has 3 saturated heterocycles. The number of likely N-dealkylation sites (tertiary alicyclic amines) is 2. The molecular weight excluding hydrogens is 500 g/mol. The average molecular weight is 536 g/mol. The smallest absolute Gasteiger partial charge is 0.426 e. The van der Waals surface area contributed by atoms with E-state index >= 15 is 0 Å². The number of alkyl halides is 6. The maximum Gasteiger partial charge on any atom is 0.434 e. The molecule has 0 atom stereocenters. The highest BCUT2D eigenvalue weighted by atomic mass is 19.4. The monoisotopic (exact) mass is 535 g/mol. The van der Waals surface area contributed by atoms with Gasteiger partial charge in [0.1, 0.15) is 0 Å². The Kier molecular flexibility index (Phi) is 7.93. The van der Waals surface area contributed by atoms with Gasteiger partial charge < -0.3 is 14.5 Å². The lowest BCUT2D eigenvalue weighted by molar-refractivity contribution is -0.308. The zero-order chi connectivity index (χ0) is 27.0. The summed E-state index contributed by atoms with van der Waals surface area (Å²) < 4.78 is 80.8. The number of halogens is 6. The predicted molar refractivity (Wildman–Crippen MR) is 127 cm³/mol. The van der Waals surface area contributed by atoms with Crippen molar-refractivity contribution in [2.24, 2.45) is 5.92 Å². The van der Waals surface area contributed by atoms with Crippen molar-refractivity contribution in [3.63, 3.8) is 0 Å². The summed E-state index contributed by atoms with van der Waals surface area (Å²) in [6, 6.07) is 6.61. The van der Waals surface area contributed by atoms with Gasteiger partial charge in [-0.2, -0.15) is 26.3 Å². The highest BCUT2D eigenvalue weighted by Crippen LogP contribution is 2.41. The number of carbonyl (C=O) groups excluding carboxylic acids is 1. The number of rotatable bonds is 4. The number of benzene rings is 1.